The molecule has 4 unspecified atom stereocenters. The summed E-state index contributed by atoms with van der Waals surface area (Å²) in [6.07, 6.45) is 12.1. The van der Waals surface area contributed by atoms with E-state index < -0.39 is 25.3 Å². The summed E-state index contributed by atoms with van der Waals surface area (Å²) in [6.45, 7) is 14.1. The monoisotopic (exact) mass is 512 g/mol. The standard InChI is InChI=1S/C24H35N2Si.CH3.2ClH.Ti/c1-24(2,3)25-27(4,5)23-16-22(20-12-8-9-13-21(20)23)26-15-14-18-10-6-7-11-19(18)17-26;;;;/h6-13,20-23H,14-17H2,1-5H3;1H3;2*1H;/q2*-1;;;+2/p-2. The molecule has 0 saturated heterocycles. The predicted octanol–water partition coefficient (Wildman–Crippen LogP) is 7.75. The Hall–Kier alpha value is 0.131. The zero-order valence-electron chi connectivity index (χ0n) is 19.9. The van der Waals surface area contributed by atoms with Crippen molar-refractivity contribution in [2.75, 3.05) is 6.54 Å². The molecule has 0 N–H and O–H groups in total. The predicted molar refractivity (Wildman–Crippen MR) is 137 cm³/mol. The Balaban J connectivity index is 0.000000808. The van der Waals surface area contributed by atoms with Crippen molar-refractivity contribution in [3.05, 3.63) is 72.1 Å². The van der Waals surface area contributed by atoms with Crippen LogP contribution in [0.4, 0.5) is 0 Å². The van der Waals surface area contributed by atoms with Gasteiger partial charge < -0.3 is 12.4 Å². The Morgan fingerprint density at radius 2 is 1.61 bits per heavy atom. The zero-order valence-corrected chi connectivity index (χ0v) is 24.0. The average Bonchev–Trinajstić information content (AvgIpc) is 3.07. The van der Waals surface area contributed by atoms with Gasteiger partial charge in [0, 0.05) is 19.1 Å². The minimum atomic E-state index is -1.68. The first-order chi connectivity index (χ1) is 14.2. The maximum atomic E-state index is 5.39. The molecule has 0 spiro atoms. The first-order valence-corrected chi connectivity index (χ1v) is 18.3. The molecule has 31 heavy (non-hydrogen) atoms. The maximum absolute atomic E-state index is 5.39. The summed E-state index contributed by atoms with van der Waals surface area (Å²) >= 11 is -0.556. The molecule has 4 atom stereocenters. The van der Waals surface area contributed by atoms with Crippen molar-refractivity contribution >= 4 is 26.8 Å². The number of halogens is 2. The van der Waals surface area contributed by atoms with Gasteiger partial charge in [-0.2, -0.15) is 0 Å². The van der Waals surface area contributed by atoms with E-state index in [0.717, 1.165) is 12.1 Å². The third-order valence-corrected chi connectivity index (χ3v) is 10.5. The summed E-state index contributed by atoms with van der Waals surface area (Å²) in [6, 6.07) is 9.69. The van der Waals surface area contributed by atoms with Crippen LogP contribution in [0.15, 0.2) is 48.6 Å². The van der Waals surface area contributed by atoms with Crippen molar-refractivity contribution in [2.45, 2.75) is 70.4 Å². The van der Waals surface area contributed by atoms with Crippen molar-refractivity contribution in [3.8, 4) is 0 Å². The van der Waals surface area contributed by atoms with Gasteiger partial charge in [-0.1, -0.05) is 96.2 Å². The Morgan fingerprint density at radius 3 is 2.23 bits per heavy atom. The van der Waals surface area contributed by atoms with E-state index >= 15 is 0 Å². The number of benzene rings is 1. The summed E-state index contributed by atoms with van der Waals surface area (Å²) in [4.78, 5) is 8.17. The van der Waals surface area contributed by atoms with Crippen LogP contribution < -0.4 is 0 Å². The van der Waals surface area contributed by atoms with Gasteiger partial charge in [0.1, 0.15) is 0 Å². The third kappa shape index (κ3) is 6.82. The van der Waals surface area contributed by atoms with Gasteiger partial charge >= 0.3 is 35.6 Å². The molecular weight excluding hydrogens is 475 g/mol. The van der Waals surface area contributed by atoms with Crippen molar-refractivity contribution in [1.29, 1.82) is 0 Å². The first-order valence-electron chi connectivity index (χ1n) is 11.0. The van der Waals surface area contributed by atoms with E-state index in [9.17, 15) is 0 Å². The van der Waals surface area contributed by atoms with E-state index in [1.54, 1.807) is 5.56 Å². The van der Waals surface area contributed by atoms with Gasteiger partial charge in [-0.3, -0.25) is 4.90 Å². The fraction of sp³-hybridized carbons (Fsp3) is 0.560. The van der Waals surface area contributed by atoms with Crippen LogP contribution >= 0.6 is 18.6 Å². The van der Waals surface area contributed by atoms with Crippen LogP contribution in [0.1, 0.15) is 38.3 Å². The van der Waals surface area contributed by atoms with E-state index in [-0.39, 0.29) is 13.0 Å². The molecule has 0 amide bonds. The van der Waals surface area contributed by atoms with E-state index in [4.69, 9.17) is 23.6 Å². The van der Waals surface area contributed by atoms with Crippen molar-refractivity contribution in [3.63, 3.8) is 0 Å². The van der Waals surface area contributed by atoms with E-state index in [0.29, 0.717) is 17.9 Å². The number of allylic oxidation sites excluding steroid dienone is 3. The zero-order chi connectivity index (χ0) is 21.9. The van der Waals surface area contributed by atoms with Gasteiger partial charge in [-0.15, -0.1) is 5.54 Å². The number of hydrogen-bond donors (Lipinski definition) is 0. The second-order valence-electron chi connectivity index (χ2n) is 10.3. The van der Waals surface area contributed by atoms with Gasteiger partial charge in [0.2, 0.25) is 0 Å². The quantitative estimate of drug-likeness (QED) is 0.298. The molecule has 1 aromatic rings. The number of hydrogen-bond acceptors (Lipinski definition) is 1. The molecule has 0 aromatic heterocycles. The summed E-state index contributed by atoms with van der Waals surface area (Å²) in [5.41, 5.74) is 3.90. The Morgan fingerprint density at radius 1 is 1.03 bits per heavy atom. The Labute approximate surface area is 208 Å². The molecule has 1 heterocycles. The summed E-state index contributed by atoms with van der Waals surface area (Å²) < 4.78 is 0. The van der Waals surface area contributed by atoms with Gasteiger partial charge in [0.05, 0.1) is 0 Å². The third-order valence-electron chi connectivity index (χ3n) is 6.79. The molecule has 3 aliphatic rings. The molecule has 2 aliphatic carbocycles. The van der Waals surface area contributed by atoms with E-state index in [2.05, 4.69) is 87.3 Å². The molecule has 1 saturated carbocycles. The number of fused-ring (bicyclic) bond motifs is 2. The topological polar surface area (TPSA) is 17.3 Å². The van der Waals surface area contributed by atoms with E-state index in [1.165, 1.54) is 24.9 Å². The molecule has 0 bridgehead atoms. The molecule has 2 nitrogen and oxygen atoms in total. The Bertz CT molecular complexity index is 775. The molecular formula is C25H38Cl2N2SiTi-2. The normalized spacial score (nSPS) is 27.5. The second kappa shape index (κ2) is 11.5. The SMILES string of the molecule is CC(C)(C)[N-][Si](C)(C)C1CC(N2CCc3ccccc3C2)C2C=CC=CC21.[CH3-].[Cl][Ti][Cl]. The van der Waals surface area contributed by atoms with Crippen LogP contribution in [-0.2, 0) is 30.0 Å². The molecule has 1 aliphatic heterocycles. The first kappa shape index (κ1) is 27.4. The fourth-order valence-electron chi connectivity index (χ4n) is 5.90. The van der Waals surface area contributed by atoms with Gasteiger partial charge in [-0.05, 0) is 35.8 Å². The number of nitrogens with zero attached hydrogens (tertiary/aromatic N) is 2. The van der Waals surface area contributed by atoms with Gasteiger partial charge in [-0.25, -0.2) is 0 Å². The second-order valence-corrected chi connectivity index (χ2v) is 17.2. The van der Waals surface area contributed by atoms with Crippen LogP contribution in [0, 0.1) is 19.3 Å². The number of rotatable bonds is 3. The van der Waals surface area contributed by atoms with Crippen LogP contribution in [0.5, 0.6) is 0 Å². The van der Waals surface area contributed by atoms with E-state index in [1.807, 2.05) is 0 Å². The molecule has 1 fully saturated rings. The average molecular weight is 513 g/mol. The van der Waals surface area contributed by atoms with Gasteiger partial charge in [0.15, 0.2) is 0 Å². The summed E-state index contributed by atoms with van der Waals surface area (Å²) in [5, 5.41) is 0. The summed E-state index contributed by atoms with van der Waals surface area (Å²) in [5.74, 6) is 1.33. The van der Waals surface area contributed by atoms with Crippen LogP contribution in [-0.4, -0.2) is 31.3 Å². The fourth-order valence-corrected chi connectivity index (χ4v) is 9.89. The Kier molecular flexibility index (Phi) is 10.2. The molecule has 6 heteroatoms. The van der Waals surface area contributed by atoms with Crippen LogP contribution in [0.25, 0.3) is 4.98 Å². The van der Waals surface area contributed by atoms with Crippen LogP contribution in [0.2, 0.25) is 18.6 Å². The summed E-state index contributed by atoms with van der Waals surface area (Å²) in [7, 11) is 8.10. The minimum absolute atomic E-state index is 0. The molecule has 0 radical (unpaired) electrons. The molecule has 4 rings (SSSR count). The molecule has 172 valence electrons. The van der Waals surface area contributed by atoms with Crippen LogP contribution in [0.3, 0.4) is 0 Å². The van der Waals surface area contributed by atoms with Crippen molar-refractivity contribution < 1.29 is 17.0 Å². The van der Waals surface area contributed by atoms with Gasteiger partial charge in [0.25, 0.3) is 0 Å². The van der Waals surface area contributed by atoms with Crippen molar-refractivity contribution in [2.24, 2.45) is 11.8 Å². The van der Waals surface area contributed by atoms with Crippen molar-refractivity contribution in [1.82, 2.24) is 4.90 Å². The molecule has 1 aromatic carbocycles.